The molecule has 1 atom stereocenters. The molecular formula is C13H23N3OS. The van der Waals surface area contributed by atoms with Crippen LogP contribution in [0.1, 0.15) is 31.2 Å². The van der Waals surface area contributed by atoms with E-state index < -0.39 is 0 Å². The standard InChI is InChI=1S/C13H23N3OS/c1-10(9-18-3)16(2)8-13-6-12(15-17-13)7-14-11-4-5-11/h6,10-11,14H,4-5,7-9H2,1-3H3. The van der Waals surface area contributed by atoms with Crippen molar-refractivity contribution >= 4 is 11.8 Å². The lowest BCUT2D eigenvalue weighted by molar-refractivity contribution is 0.233. The Morgan fingerprint density at radius 2 is 2.39 bits per heavy atom. The highest BCUT2D eigenvalue weighted by Gasteiger charge is 2.20. The van der Waals surface area contributed by atoms with Crippen LogP contribution >= 0.6 is 11.8 Å². The second kappa shape index (κ2) is 6.59. The predicted molar refractivity (Wildman–Crippen MR) is 75.7 cm³/mol. The molecule has 1 aliphatic rings. The molecule has 2 rings (SSSR count). The van der Waals surface area contributed by atoms with E-state index in [4.69, 9.17) is 4.52 Å². The topological polar surface area (TPSA) is 41.3 Å². The van der Waals surface area contributed by atoms with Crippen molar-refractivity contribution in [3.05, 3.63) is 17.5 Å². The molecule has 1 aliphatic carbocycles. The van der Waals surface area contributed by atoms with Crippen molar-refractivity contribution in [1.82, 2.24) is 15.4 Å². The van der Waals surface area contributed by atoms with Gasteiger partial charge in [-0.05, 0) is 33.1 Å². The summed E-state index contributed by atoms with van der Waals surface area (Å²) in [4.78, 5) is 2.30. The average molecular weight is 269 g/mol. The monoisotopic (exact) mass is 269 g/mol. The first-order valence-corrected chi connectivity index (χ1v) is 7.95. The second-order valence-corrected chi connectivity index (χ2v) is 6.07. The molecule has 18 heavy (non-hydrogen) atoms. The maximum atomic E-state index is 5.38. The van der Waals surface area contributed by atoms with Crippen molar-refractivity contribution in [3.63, 3.8) is 0 Å². The third-order valence-corrected chi connectivity index (χ3v) is 4.14. The highest BCUT2D eigenvalue weighted by atomic mass is 32.2. The van der Waals surface area contributed by atoms with Gasteiger partial charge in [-0.3, -0.25) is 4.90 Å². The lowest BCUT2D eigenvalue weighted by Gasteiger charge is -2.22. The third-order valence-electron chi connectivity index (χ3n) is 3.32. The molecule has 4 nitrogen and oxygen atoms in total. The highest BCUT2D eigenvalue weighted by molar-refractivity contribution is 7.98. The zero-order valence-corrected chi connectivity index (χ0v) is 12.3. The van der Waals surface area contributed by atoms with E-state index >= 15 is 0 Å². The molecule has 1 aromatic heterocycles. The van der Waals surface area contributed by atoms with Crippen LogP contribution in [0.15, 0.2) is 10.6 Å². The van der Waals surface area contributed by atoms with Crippen molar-refractivity contribution in [2.24, 2.45) is 0 Å². The number of thioether (sulfide) groups is 1. The van der Waals surface area contributed by atoms with Crippen LogP contribution in [0, 0.1) is 0 Å². The van der Waals surface area contributed by atoms with Crippen LogP contribution in [0.25, 0.3) is 0 Å². The number of rotatable bonds is 8. The van der Waals surface area contributed by atoms with Gasteiger partial charge in [-0.1, -0.05) is 5.16 Å². The average Bonchev–Trinajstić information content (AvgIpc) is 3.08. The Kier molecular flexibility index (Phi) is 5.09. The summed E-state index contributed by atoms with van der Waals surface area (Å²) < 4.78 is 5.38. The van der Waals surface area contributed by atoms with E-state index in [1.54, 1.807) is 0 Å². The van der Waals surface area contributed by atoms with Gasteiger partial charge in [0, 0.05) is 30.4 Å². The van der Waals surface area contributed by atoms with E-state index in [1.807, 2.05) is 11.8 Å². The molecule has 5 heteroatoms. The summed E-state index contributed by atoms with van der Waals surface area (Å²) in [7, 11) is 2.13. The lowest BCUT2D eigenvalue weighted by Crippen LogP contribution is -2.30. The molecule has 0 saturated heterocycles. The minimum absolute atomic E-state index is 0.554. The van der Waals surface area contributed by atoms with E-state index in [0.717, 1.165) is 36.3 Å². The van der Waals surface area contributed by atoms with Crippen LogP contribution in [0.4, 0.5) is 0 Å². The molecular weight excluding hydrogens is 246 g/mol. The Hall–Kier alpha value is -0.520. The predicted octanol–water partition coefficient (Wildman–Crippen LogP) is 2.11. The fourth-order valence-electron chi connectivity index (χ4n) is 1.82. The van der Waals surface area contributed by atoms with Crippen LogP contribution in [0.5, 0.6) is 0 Å². The Morgan fingerprint density at radius 3 is 3.06 bits per heavy atom. The Morgan fingerprint density at radius 1 is 1.61 bits per heavy atom. The minimum Gasteiger partial charge on any atom is -0.360 e. The molecule has 0 radical (unpaired) electrons. The first-order valence-electron chi connectivity index (χ1n) is 6.56. The molecule has 0 spiro atoms. The smallest absolute Gasteiger partial charge is 0.151 e. The zero-order chi connectivity index (χ0) is 13.0. The van der Waals surface area contributed by atoms with Crippen molar-refractivity contribution < 1.29 is 4.52 Å². The number of hydrogen-bond acceptors (Lipinski definition) is 5. The number of nitrogens with one attached hydrogen (secondary N) is 1. The fourth-order valence-corrected chi connectivity index (χ4v) is 2.56. The number of aromatic nitrogens is 1. The van der Waals surface area contributed by atoms with Crippen LogP contribution in [-0.4, -0.2) is 41.2 Å². The third kappa shape index (κ3) is 4.30. The fraction of sp³-hybridized carbons (Fsp3) is 0.769. The van der Waals surface area contributed by atoms with Gasteiger partial charge < -0.3 is 9.84 Å². The SMILES string of the molecule is CSCC(C)N(C)Cc1cc(CNC2CC2)no1. The van der Waals surface area contributed by atoms with Gasteiger partial charge >= 0.3 is 0 Å². The van der Waals surface area contributed by atoms with Gasteiger partial charge in [0.25, 0.3) is 0 Å². The van der Waals surface area contributed by atoms with Crippen LogP contribution in [0.3, 0.4) is 0 Å². The molecule has 0 aliphatic heterocycles. The van der Waals surface area contributed by atoms with Gasteiger partial charge in [0.05, 0.1) is 12.2 Å². The summed E-state index contributed by atoms with van der Waals surface area (Å²) in [6.45, 7) is 3.90. The number of nitrogens with zero attached hydrogens (tertiary/aromatic N) is 2. The van der Waals surface area contributed by atoms with Crippen molar-refractivity contribution in [3.8, 4) is 0 Å². The van der Waals surface area contributed by atoms with Crippen molar-refractivity contribution in [2.75, 3.05) is 19.1 Å². The first-order chi connectivity index (χ1) is 8.69. The molecule has 0 aromatic carbocycles. The summed E-state index contributed by atoms with van der Waals surface area (Å²) in [6.07, 6.45) is 4.75. The summed E-state index contributed by atoms with van der Waals surface area (Å²) in [5, 5.41) is 7.55. The molecule has 1 aromatic rings. The lowest BCUT2D eigenvalue weighted by atomic mass is 10.3. The van der Waals surface area contributed by atoms with E-state index in [1.165, 1.54) is 12.8 Å². The van der Waals surface area contributed by atoms with Crippen LogP contribution in [-0.2, 0) is 13.1 Å². The molecule has 102 valence electrons. The van der Waals surface area contributed by atoms with Gasteiger partial charge in [0.2, 0.25) is 0 Å². The largest absolute Gasteiger partial charge is 0.360 e. The Labute approximate surface area is 113 Å². The maximum absolute atomic E-state index is 5.38. The quantitative estimate of drug-likeness (QED) is 0.783. The summed E-state index contributed by atoms with van der Waals surface area (Å²) >= 11 is 1.87. The molecule has 1 saturated carbocycles. The van der Waals surface area contributed by atoms with Crippen molar-refractivity contribution in [1.29, 1.82) is 0 Å². The van der Waals surface area contributed by atoms with Crippen LogP contribution in [0.2, 0.25) is 0 Å². The zero-order valence-electron chi connectivity index (χ0n) is 11.5. The Balaban J connectivity index is 1.77. The molecule has 1 heterocycles. The van der Waals surface area contributed by atoms with Gasteiger partial charge in [0.15, 0.2) is 5.76 Å². The van der Waals surface area contributed by atoms with E-state index in [2.05, 4.69) is 41.7 Å². The molecule has 1 fully saturated rings. The summed E-state index contributed by atoms with van der Waals surface area (Å²) in [5.41, 5.74) is 1.02. The van der Waals surface area contributed by atoms with Gasteiger partial charge in [-0.15, -0.1) is 0 Å². The summed E-state index contributed by atoms with van der Waals surface area (Å²) in [6, 6.07) is 3.34. The van der Waals surface area contributed by atoms with E-state index in [0.29, 0.717) is 6.04 Å². The number of hydrogen-bond donors (Lipinski definition) is 1. The molecule has 0 bridgehead atoms. The van der Waals surface area contributed by atoms with Crippen LogP contribution < -0.4 is 5.32 Å². The second-order valence-electron chi connectivity index (χ2n) is 5.16. The summed E-state index contributed by atoms with van der Waals surface area (Å²) in [5.74, 6) is 2.10. The van der Waals surface area contributed by atoms with E-state index in [-0.39, 0.29) is 0 Å². The first kappa shape index (κ1) is 13.9. The van der Waals surface area contributed by atoms with Gasteiger partial charge in [-0.25, -0.2) is 0 Å². The van der Waals surface area contributed by atoms with E-state index in [9.17, 15) is 0 Å². The molecule has 1 unspecified atom stereocenters. The minimum atomic E-state index is 0.554. The van der Waals surface area contributed by atoms with Crippen molar-refractivity contribution in [2.45, 2.75) is 44.9 Å². The normalized spacial score (nSPS) is 17.3. The molecule has 0 amide bonds. The molecule has 1 N–H and O–H groups in total. The highest BCUT2D eigenvalue weighted by Crippen LogP contribution is 2.19. The van der Waals surface area contributed by atoms with Gasteiger partial charge in [-0.2, -0.15) is 11.8 Å². The maximum Gasteiger partial charge on any atom is 0.151 e. The van der Waals surface area contributed by atoms with Gasteiger partial charge in [0.1, 0.15) is 0 Å². The Bertz CT molecular complexity index is 365.